The van der Waals surface area contributed by atoms with E-state index in [1.165, 1.54) is 12.1 Å². The second-order valence-corrected chi connectivity index (χ2v) is 6.18. The minimum Gasteiger partial charge on any atom is -0.323 e. The molecule has 1 aliphatic rings. The van der Waals surface area contributed by atoms with Gasteiger partial charge in [0.25, 0.3) is 0 Å². The SMILES string of the molecule is CC(C)C1CCCN1CC(N)c1cccc(C(F)(F)F)c1. The molecule has 1 aromatic rings. The van der Waals surface area contributed by atoms with Gasteiger partial charge in [-0.15, -0.1) is 0 Å². The Labute approximate surface area is 124 Å². The molecule has 0 radical (unpaired) electrons. The number of benzene rings is 1. The predicted molar refractivity (Wildman–Crippen MR) is 77.8 cm³/mol. The van der Waals surface area contributed by atoms with Gasteiger partial charge >= 0.3 is 6.18 Å². The zero-order chi connectivity index (χ0) is 15.6. The lowest BCUT2D eigenvalue weighted by Gasteiger charge is -2.30. The second kappa shape index (κ2) is 6.36. The number of likely N-dealkylation sites (tertiary alicyclic amines) is 1. The first kappa shape index (κ1) is 16.3. The van der Waals surface area contributed by atoms with Crippen LogP contribution in [0.3, 0.4) is 0 Å². The molecule has 21 heavy (non-hydrogen) atoms. The Hall–Kier alpha value is -1.07. The molecule has 0 aliphatic carbocycles. The molecule has 1 heterocycles. The number of hydrogen-bond acceptors (Lipinski definition) is 2. The van der Waals surface area contributed by atoms with Crippen LogP contribution in [0.4, 0.5) is 13.2 Å². The van der Waals surface area contributed by atoms with E-state index >= 15 is 0 Å². The van der Waals surface area contributed by atoms with Crippen LogP contribution in [0.25, 0.3) is 0 Å². The van der Waals surface area contributed by atoms with Crippen LogP contribution in [-0.4, -0.2) is 24.0 Å². The minimum absolute atomic E-state index is 0.383. The van der Waals surface area contributed by atoms with Gasteiger partial charge in [-0.1, -0.05) is 26.0 Å². The Kier molecular flexibility index (Phi) is 4.94. The van der Waals surface area contributed by atoms with Crippen LogP contribution >= 0.6 is 0 Å². The average Bonchev–Trinajstić information content (AvgIpc) is 2.86. The summed E-state index contributed by atoms with van der Waals surface area (Å²) >= 11 is 0. The Morgan fingerprint density at radius 3 is 2.67 bits per heavy atom. The van der Waals surface area contributed by atoms with Gasteiger partial charge in [0.1, 0.15) is 0 Å². The van der Waals surface area contributed by atoms with Crippen molar-refractivity contribution in [3.63, 3.8) is 0 Å². The van der Waals surface area contributed by atoms with Crippen molar-refractivity contribution in [2.45, 2.75) is 44.9 Å². The van der Waals surface area contributed by atoms with E-state index in [9.17, 15) is 13.2 Å². The smallest absolute Gasteiger partial charge is 0.323 e. The lowest BCUT2D eigenvalue weighted by atomic mass is 10.00. The van der Waals surface area contributed by atoms with Gasteiger partial charge in [0.05, 0.1) is 5.56 Å². The Morgan fingerprint density at radius 2 is 2.05 bits per heavy atom. The molecule has 2 unspecified atom stereocenters. The molecule has 1 aliphatic heterocycles. The summed E-state index contributed by atoms with van der Waals surface area (Å²) in [4.78, 5) is 2.32. The first-order chi connectivity index (χ1) is 9.79. The maximum absolute atomic E-state index is 12.8. The maximum Gasteiger partial charge on any atom is 0.416 e. The molecule has 0 bridgehead atoms. The van der Waals surface area contributed by atoms with E-state index < -0.39 is 11.7 Å². The minimum atomic E-state index is -4.32. The van der Waals surface area contributed by atoms with E-state index in [-0.39, 0.29) is 6.04 Å². The standard InChI is InChI=1S/C16H23F3N2/c1-11(2)15-7-4-8-21(15)10-14(20)12-5-3-6-13(9-12)16(17,18)19/h3,5-6,9,11,14-15H,4,7-8,10,20H2,1-2H3. The molecule has 2 atom stereocenters. The normalized spacial score (nSPS) is 22.0. The van der Waals surface area contributed by atoms with Crippen LogP contribution < -0.4 is 5.73 Å². The van der Waals surface area contributed by atoms with Crippen LogP contribution in [0.5, 0.6) is 0 Å². The quantitative estimate of drug-likeness (QED) is 0.916. The summed E-state index contributed by atoms with van der Waals surface area (Å²) in [5.74, 6) is 0.543. The summed E-state index contributed by atoms with van der Waals surface area (Å²) in [6.45, 7) is 5.96. The van der Waals surface area contributed by atoms with Gasteiger partial charge < -0.3 is 5.73 Å². The Morgan fingerprint density at radius 1 is 1.33 bits per heavy atom. The molecule has 0 spiro atoms. The molecular weight excluding hydrogens is 277 g/mol. The van der Waals surface area contributed by atoms with Crippen molar-refractivity contribution in [2.24, 2.45) is 11.7 Å². The Balaban J connectivity index is 2.08. The van der Waals surface area contributed by atoms with Crippen LogP contribution in [0.15, 0.2) is 24.3 Å². The molecule has 0 aromatic heterocycles. The highest BCUT2D eigenvalue weighted by Crippen LogP contribution is 2.31. The van der Waals surface area contributed by atoms with Crippen molar-refractivity contribution < 1.29 is 13.2 Å². The number of nitrogens with two attached hydrogens (primary N) is 1. The fourth-order valence-electron chi connectivity index (χ4n) is 3.14. The second-order valence-electron chi connectivity index (χ2n) is 6.18. The summed E-state index contributed by atoms with van der Waals surface area (Å²) in [6, 6.07) is 5.48. The third-order valence-electron chi connectivity index (χ3n) is 4.26. The van der Waals surface area contributed by atoms with Gasteiger partial charge in [-0.25, -0.2) is 0 Å². The van der Waals surface area contributed by atoms with Gasteiger partial charge in [0.15, 0.2) is 0 Å². The topological polar surface area (TPSA) is 29.3 Å². The van der Waals surface area contributed by atoms with Crippen LogP contribution in [-0.2, 0) is 6.18 Å². The van der Waals surface area contributed by atoms with Gasteiger partial charge in [-0.05, 0) is 43.0 Å². The fourth-order valence-corrected chi connectivity index (χ4v) is 3.14. The van der Waals surface area contributed by atoms with Crippen molar-refractivity contribution in [2.75, 3.05) is 13.1 Å². The molecule has 2 rings (SSSR count). The van der Waals surface area contributed by atoms with Gasteiger partial charge in [0, 0.05) is 18.6 Å². The van der Waals surface area contributed by atoms with E-state index in [0.29, 0.717) is 24.1 Å². The molecule has 1 aromatic carbocycles. The molecule has 2 N–H and O–H groups in total. The van der Waals surface area contributed by atoms with Gasteiger partial charge in [-0.2, -0.15) is 13.2 Å². The predicted octanol–water partition coefficient (Wildman–Crippen LogP) is 3.83. The summed E-state index contributed by atoms with van der Waals surface area (Å²) < 4.78 is 38.3. The highest BCUT2D eigenvalue weighted by Gasteiger charge is 2.32. The number of nitrogens with zero attached hydrogens (tertiary/aromatic N) is 1. The molecule has 1 fully saturated rings. The molecule has 0 amide bonds. The van der Waals surface area contributed by atoms with E-state index in [1.54, 1.807) is 6.07 Å². The fraction of sp³-hybridized carbons (Fsp3) is 0.625. The largest absolute Gasteiger partial charge is 0.416 e. The highest BCUT2D eigenvalue weighted by molar-refractivity contribution is 5.28. The van der Waals surface area contributed by atoms with Crippen molar-refractivity contribution in [1.82, 2.24) is 4.90 Å². The summed E-state index contributed by atoms with van der Waals surface area (Å²) in [6.07, 6.45) is -2.03. The van der Waals surface area contributed by atoms with Crippen molar-refractivity contribution in [3.05, 3.63) is 35.4 Å². The van der Waals surface area contributed by atoms with E-state index in [0.717, 1.165) is 25.5 Å². The maximum atomic E-state index is 12.8. The molecule has 2 nitrogen and oxygen atoms in total. The zero-order valence-corrected chi connectivity index (χ0v) is 12.5. The van der Waals surface area contributed by atoms with Gasteiger partial charge in [0.2, 0.25) is 0 Å². The Bertz CT molecular complexity index is 471. The lowest BCUT2D eigenvalue weighted by Crippen LogP contribution is -2.38. The first-order valence-corrected chi connectivity index (χ1v) is 7.46. The van der Waals surface area contributed by atoms with Crippen molar-refractivity contribution >= 4 is 0 Å². The lowest BCUT2D eigenvalue weighted by molar-refractivity contribution is -0.137. The van der Waals surface area contributed by atoms with E-state index in [4.69, 9.17) is 5.73 Å². The van der Waals surface area contributed by atoms with Crippen LogP contribution in [0.2, 0.25) is 0 Å². The molecule has 1 saturated heterocycles. The zero-order valence-electron chi connectivity index (χ0n) is 12.5. The monoisotopic (exact) mass is 300 g/mol. The summed E-state index contributed by atoms with van der Waals surface area (Å²) in [5.41, 5.74) is 6.07. The summed E-state index contributed by atoms with van der Waals surface area (Å²) in [7, 11) is 0. The number of hydrogen-bond donors (Lipinski definition) is 1. The van der Waals surface area contributed by atoms with Gasteiger partial charge in [-0.3, -0.25) is 4.90 Å². The molecular formula is C16H23F3N2. The van der Waals surface area contributed by atoms with Crippen LogP contribution in [0.1, 0.15) is 43.9 Å². The molecule has 0 saturated carbocycles. The average molecular weight is 300 g/mol. The third-order valence-corrected chi connectivity index (χ3v) is 4.26. The summed E-state index contributed by atoms with van der Waals surface area (Å²) in [5, 5.41) is 0. The van der Waals surface area contributed by atoms with E-state index in [2.05, 4.69) is 18.7 Å². The highest BCUT2D eigenvalue weighted by atomic mass is 19.4. The molecule has 5 heteroatoms. The van der Waals surface area contributed by atoms with Crippen molar-refractivity contribution in [1.29, 1.82) is 0 Å². The number of alkyl halides is 3. The number of rotatable bonds is 4. The van der Waals surface area contributed by atoms with E-state index in [1.807, 2.05) is 0 Å². The number of halogens is 3. The van der Waals surface area contributed by atoms with Crippen molar-refractivity contribution in [3.8, 4) is 0 Å². The molecule has 118 valence electrons. The van der Waals surface area contributed by atoms with Crippen LogP contribution in [0, 0.1) is 5.92 Å². The third kappa shape index (κ3) is 3.98. The first-order valence-electron chi connectivity index (χ1n) is 7.46.